The third kappa shape index (κ3) is 3.45. The van der Waals surface area contributed by atoms with E-state index in [2.05, 4.69) is 20.3 Å². The van der Waals surface area contributed by atoms with Gasteiger partial charge < -0.3 is 14.8 Å². The second kappa shape index (κ2) is 6.18. The Morgan fingerprint density at radius 2 is 2.05 bits per heavy atom. The fraction of sp³-hybridized carbons (Fsp3) is 0.182. The van der Waals surface area contributed by atoms with Gasteiger partial charge in [-0.15, -0.1) is 0 Å². The zero-order valence-electron chi connectivity index (χ0n) is 11.0. The van der Waals surface area contributed by atoms with Crippen LogP contribution in [0.2, 0.25) is 5.28 Å². The van der Waals surface area contributed by atoms with Crippen molar-refractivity contribution >= 4 is 23.2 Å². The number of nitro groups is 1. The number of benzene rings is 1. The van der Waals surface area contributed by atoms with Crippen LogP contribution in [-0.4, -0.2) is 34.0 Å². The number of rotatable bonds is 5. The van der Waals surface area contributed by atoms with Crippen molar-refractivity contribution in [2.45, 2.75) is 0 Å². The van der Waals surface area contributed by atoms with E-state index in [4.69, 9.17) is 21.1 Å². The van der Waals surface area contributed by atoms with Crippen LogP contribution < -0.4 is 14.8 Å². The van der Waals surface area contributed by atoms with E-state index in [-0.39, 0.29) is 28.7 Å². The maximum absolute atomic E-state index is 10.8. The largest absolute Gasteiger partial charge is 0.493 e. The molecule has 1 aromatic heterocycles. The number of aromatic nitrogens is 3. The summed E-state index contributed by atoms with van der Waals surface area (Å²) in [6.45, 7) is 0. The average molecular weight is 312 g/mol. The van der Waals surface area contributed by atoms with Gasteiger partial charge in [-0.2, -0.15) is 15.0 Å². The SMILES string of the molecule is CNc1nc(Cl)nc(Oc2cc([N+](=O)[O-])ccc2OC)n1. The lowest BCUT2D eigenvalue weighted by Crippen LogP contribution is -2.02. The molecule has 0 amide bonds. The molecule has 110 valence electrons. The van der Waals surface area contributed by atoms with E-state index in [9.17, 15) is 10.1 Å². The van der Waals surface area contributed by atoms with Crippen molar-refractivity contribution in [1.29, 1.82) is 0 Å². The lowest BCUT2D eigenvalue weighted by molar-refractivity contribution is -0.384. The first-order chi connectivity index (χ1) is 10.0. The molecule has 0 radical (unpaired) electrons. The molecular formula is C11H10ClN5O4. The highest BCUT2D eigenvalue weighted by Gasteiger charge is 2.15. The Bertz CT molecular complexity index is 682. The van der Waals surface area contributed by atoms with Gasteiger partial charge in [0.1, 0.15) is 0 Å². The van der Waals surface area contributed by atoms with Gasteiger partial charge in [-0.1, -0.05) is 0 Å². The van der Waals surface area contributed by atoms with Crippen LogP contribution in [0.3, 0.4) is 0 Å². The predicted molar refractivity (Wildman–Crippen MR) is 74.1 cm³/mol. The molecule has 0 saturated heterocycles. The van der Waals surface area contributed by atoms with E-state index < -0.39 is 4.92 Å². The van der Waals surface area contributed by atoms with Gasteiger partial charge in [0.05, 0.1) is 18.1 Å². The summed E-state index contributed by atoms with van der Waals surface area (Å²) in [6, 6.07) is 3.80. The van der Waals surface area contributed by atoms with Gasteiger partial charge in [-0.3, -0.25) is 10.1 Å². The maximum atomic E-state index is 10.8. The summed E-state index contributed by atoms with van der Waals surface area (Å²) in [5.74, 6) is 0.591. The lowest BCUT2D eigenvalue weighted by atomic mass is 10.3. The standard InChI is InChI=1S/C11H10ClN5O4/c1-13-10-14-9(12)15-11(16-10)21-8-5-6(17(18)19)3-4-7(8)20-2/h3-5H,1-2H3,(H,13,14,15,16). The molecule has 0 aliphatic rings. The smallest absolute Gasteiger partial charge is 0.328 e. The second-order valence-corrected chi connectivity index (χ2v) is 3.99. The number of non-ortho nitro benzene ring substituents is 1. The molecule has 0 saturated carbocycles. The highest BCUT2D eigenvalue weighted by Crippen LogP contribution is 2.33. The summed E-state index contributed by atoms with van der Waals surface area (Å²) in [6.07, 6.45) is 0. The van der Waals surface area contributed by atoms with Crippen molar-refractivity contribution in [1.82, 2.24) is 15.0 Å². The molecule has 0 atom stereocenters. The molecule has 10 heteroatoms. The number of hydrogen-bond acceptors (Lipinski definition) is 8. The van der Waals surface area contributed by atoms with E-state index in [1.807, 2.05) is 0 Å². The summed E-state index contributed by atoms with van der Waals surface area (Å²) in [7, 11) is 3.01. The first-order valence-electron chi connectivity index (χ1n) is 5.63. The van der Waals surface area contributed by atoms with Crippen LogP contribution in [-0.2, 0) is 0 Å². The van der Waals surface area contributed by atoms with Crippen LogP contribution in [0.5, 0.6) is 17.5 Å². The summed E-state index contributed by atoms with van der Waals surface area (Å²) in [4.78, 5) is 21.8. The van der Waals surface area contributed by atoms with Crippen LogP contribution >= 0.6 is 11.6 Å². The van der Waals surface area contributed by atoms with E-state index in [1.165, 1.54) is 25.3 Å². The molecule has 21 heavy (non-hydrogen) atoms. The molecule has 0 unspecified atom stereocenters. The molecule has 0 aliphatic heterocycles. The minimum Gasteiger partial charge on any atom is -0.493 e. The van der Waals surface area contributed by atoms with Crippen LogP contribution in [0.25, 0.3) is 0 Å². The van der Waals surface area contributed by atoms with Gasteiger partial charge in [0.15, 0.2) is 11.5 Å². The van der Waals surface area contributed by atoms with Crippen molar-refractivity contribution < 1.29 is 14.4 Å². The molecule has 1 heterocycles. The predicted octanol–water partition coefficient (Wildman–Crippen LogP) is 2.28. The van der Waals surface area contributed by atoms with Crippen LogP contribution in [0.4, 0.5) is 11.6 Å². The number of nitrogens with one attached hydrogen (secondary N) is 1. The van der Waals surface area contributed by atoms with Crippen molar-refractivity contribution in [2.24, 2.45) is 0 Å². The zero-order valence-corrected chi connectivity index (χ0v) is 11.8. The van der Waals surface area contributed by atoms with E-state index in [0.717, 1.165) is 0 Å². The minimum atomic E-state index is -0.550. The van der Waals surface area contributed by atoms with E-state index in [0.29, 0.717) is 5.75 Å². The topological polar surface area (TPSA) is 112 Å². The summed E-state index contributed by atoms with van der Waals surface area (Å²) in [5.41, 5.74) is -0.153. The van der Waals surface area contributed by atoms with Gasteiger partial charge in [0.25, 0.3) is 5.69 Å². The van der Waals surface area contributed by atoms with Crippen molar-refractivity contribution in [2.75, 3.05) is 19.5 Å². The fourth-order valence-corrected chi connectivity index (χ4v) is 1.60. The fourth-order valence-electron chi connectivity index (χ4n) is 1.45. The Morgan fingerprint density at radius 1 is 1.29 bits per heavy atom. The molecule has 0 spiro atoms. The third-order valence-corrected chi connectivity index (χ3v) is 2.54. The molecule has 1 N–H and O–H groups in total. The number of ether oxygens (including phenoxy) is 2. The number of nitrogens with zero attached hydrogens (tertiary/aromatic N) is 4. The molecule has 0 bridgehead atoms. The van der Waals surface area contributed by atoms with E-state index in [1.54, 1.807) is 7.05 Å². The van der Waals surface area contributed by atoms with Crippen LogP contribution in [0, 0.1) is 10.1 Å². The third-order valence-electron chi connectivity index (χ3n) is 2.37. The summed E-state index contributed by atoms with van der Waals surface area (Å²) in [5, 5.41) is 13.4. The minimum absolute atomic E-state index is 0.0752. The quantitative estimate of drug-likeness (QED) is 0.661. The molecule has 0 aliphatic carbocycles. The lowest BCUT2D eigenvalue weighted by Gasteiger charge is -2.09. The number of hydrogen-bond donors (Lipinski definition) is 1. The van der Waals surface area contributed by atoms with Crippen molar-refractivity contribution in [3.05, 3.63) is 33.6 Å². The number of methoxy groups -OCH3 is 1. The molecule has 1 aromatic carbocycles. The number of nitro benzene ring substituents is 1. The van der Waals surface area contributed by atoms with Crippen LogP contribution in [0.1, 0.15) is 0 Å². The second-order valence-electron chi connectivity index (χ2n) is 3.65. The Balaban J connectivity index is 2.40. The maximum Gasteiger partial charge on any atom is 0.328 e. The van der Waals surface area contributed by atoms with Gasteiger partial charge in [0, 0.05) is 13.1 Å². The average Bonchev–Trinajstić information content (AvgIpc) is 2.46. The Labute approximate surface area is 124 Å². The highest BCUT2D eigenvalue weighted by atomic mass is 35.5. The van der Waals surface area contributed by atoms with Gasteiger partial charge in [-0.05, 0) is 17.7 Å². The summed E-state index contributed by atoms with van der Waals surface area (Å²) < 4.78 is 10.5. The van der Waals surface area contributed by atoms with Gasteiger partial charge in [0.2, 0.25) is 11.2 Å². The molecular weight excluding hydrogens is 302 g/mol. The normalized spacial score (nSPS) is 10.0. The Morgan fingerprint density at radius 3 is 2.67 bits per heavy atom. The molecule has 2 rings (SSSR count). The molecule has 2 aromatic rings. The van der Waals surface area contributed by atoms with Crippen LogP contribution in [0.15, 0.2) is 18.2 Å². The van der Waals surface area contributed by atoms with Gasteiger partial charge >= 0.3 is 6.01 Å². The monoisotopic (exact) mass is 311 g/mol. The number of anilines is 1. The van der Waals surface area contributed by atoms with Gasteiger partial charge in [-0.25, -0.2) is 0 Å². The highest BCUT2D eigenvalue weighted by molar-refractivity contribution is 6.28. The Kier molecular flexibility index (Phi) is 4.33. The zero-order chi connectivity index (χ0) is 15.4. The Hall–Kier alpha value is -2.68. The molecule has 9 nitrogen and oxygen atoms in total. The first-order valence-corrected chi connectivity index (χ1v) is 6.01. The number of halogens is 1. The van der Waals surface area contributed by atoms with Crippen molar-refractivity contribution in [3.8, 4) is 17.5 Å². The van der Waals surface area contributed by atoms with Crippen molar-refractivity contribution in [3.63, 3.8) is 0 Å². The first kappa shape index (κ1) is 14.7. The van der Waals surface area contributed by atoms with E-state index >= 15 is 0 Å². The summed E-state index contributed by atoms with van der Waals surface area (Å²) >= 11 is 5.73. The molecule has 0 fully saturated rings.